The quantitative estimate of drug-likeness (QED) is 0.493. The van der Waals surface area contributed by atoms with Gasteiger partial charge in [0.15, 0.2) is 0 Å². The molecule has 0 aliphatic rings. The van der Waals surface area contributed by atoms with E-state index in [0.717, 1.165) is 15.4 Å². The number of hydrogen-bond donors (Lipinski definition) is 1. The highest BCUT2D eigenvalue weighted by atomic mass is 35.5. The summed E-state index contributed by atoms with van der Waals surface area (Å²) < 4.78 is 27.8. The number of nitrogens with zero attached hydrogens (tertiary/aromatic N) is 1. The molecule has 162 valence electrons. The Labute approximate surface area is 192 Å². The first-order chi connectivity index (χ1) is 14.6. The van der Waals surface area contributed by atoms with Crippen LogP contribution in [0.4, 0.5) is 5.69 Å². The van der Waals surface area contributed by atoms with Crippen molar-refractivity contribution in [3.8, 4) is 0 Å². The van der Waals surface area contributed by atoms with E-state index in [4.69, 9.17) is 23.2 Å². The molecule has 0 unspecified atom stereocenters. The molecule has 0 heterocycles. The van der Waals surface area contributed by atoms with E-state index >= 15 is 0 Å². The molecule has 8 heteroatoms. The normalized spacial score (nSPS) is 11.5. The molecule has 0 saturated carbocycles. The van der Waals surface area contributed by atoms with Crippen LogP contribution in [0.2, 0.25) is 10.0 Å². The Morgan fingerprint density at radius 2 is 1.48 bits per heavy atom. The third kappa shape index (κ3) is 6.08. The number of halogens is 2. The molecule has 1 amide bonds. The molecule has 3 rings (SSSR count). The summed E-state index contributed by atoms with van der Waals surface area (Å²) in [6.45, 7) is 3.37. The molecule has 3 aromatic rings. The summed E-state index contributed by atoms with van der Waals surface area (Å²) >= 11 is 12.2. The molecule has 0 aliphatic heterocycles. The average Bonchev–Trinajstić information content (AvgIpc) is 2.71. The third-order valence-corrected chi connectivity index (χ3v) is 7.07. The number of rotatable bonds is 7. The SMILES string of the molecule is Cc1ccc(NC(=O)CN(Cc2ccc(Cl)cc2Cl)S(=O)(=O)c2ccc(C)cc2)cc1. The number of anilines is 1. The van der Waals surface area contributed by atoms with Crippen molar-refractivity contribution in [2.24, 2.45) is 0 Å². The van der Waals surface area contributed by atoms with Gasteiger partial charge < -0.3 is 5.32 Å². The van der Waals surface area contributed by atoms with Gasteiger partial charge in [0.1, 0.15) is 0 Å². The first-order valence-electron chi connectivity index (χ1n) is 9.52. The van der Waals surface area contributed by atoms with Gasteiger partial charge >= 0.3 is 0 Å². The molecule has 0 atom stereocenters. The number of aryl methyl sites for hydroxylation is 2. The summed E-state index contributed by atoms with van der Waals surface area (Å²) in [5.74, 6) is -0.454. The van der Waals surface area contributed by atoms with Crippen molar-refractivity contribution >= 4 is 44.8 Å². The number of nitrogens with one attached hydrogen (secondary N) is 1. The Kier molecular flexibility index (Phi) is 7.38. The summed E-state index contributed by atoms with van der Waals surface area (Å²) in [7, 11) is -3.96. The van der Waals surface area contributed by atoms with E-state index in [0.29, 0.717) is 21.3 Å². The van der Waals surface area contributed by atoms with E-state index in [1.165, 1.54) is 12.1 Å². The van der Waals surface area contributed by atoms with Gasteiger partial charge in [-0.1, -0.05) is 64.7 Å². The molecular formula is C23H22Cl2N2O3S. The zero-order chi connectivity index (χ0) is 22.6. The van der Waals surface area contributed by atoms with Crippen molar-refractivity contribution in [3.05, 3.63) is 93.5 Å². The molecule has 0 radical (unpaired) electrons. The maximum atomic E-state index is 13.3. The lowest BCUT2D eigenvalue weighted by Crippen LogP contribution is -2.37. The molecule has 1 N–H and O–H groups in total. The van der Waals surface area contributed by atoms with E-state index in [9.17, 15) is 13.2 Å². The van der Waals surface area contributed by atoms with Crippen LogP contribution in [0.25, 0.3) is 0 Å². The first kappa shape index (κ1) is 23.3. The maximum Gasteiger partial charge on any atom is 0.243 e. The zero-order valence-electron chi connectivity index (χ0n) is 17.1. The fourth-order valence-electron chi connectivity index (χ4n) is 2.92. The molecule has 0 fully saturated rings. The van der Waals surface area contributed by atoms with Gasteiger partial charge in [-0.15, -0.1) is 0 Å². The van der Waals surface area contributed by atoms with Crippen LogP contribution >= 0.6 is 23.2 Å². The van der Waals surface area contributed by atoms with Crippen LogP contribution in [-0.2, 0) is 21.4 Å². The second-order valence-corrected chi connectivity index (χ2v) is 10.0. The molecular weight excluding hydrogens is 455 g/mol. The number of carbonyl (C=O) groups excluding carboxylic acids is 1. The molecule has 0 saturated heterocycles. The van der Waals surface area contributed by atoms with Crippen LogP contribution < -0.4 is 5.32 Å². The van der Waals surface area contributed by atoms with Crippen molar-refractivity contribution < 1.29 is 13.2 Å². The lowest BCUT2D eigenvalue weighted by Gasteiger charge is -2.22. The van der Waals surface area contributed by atoms with Crippen molar-refractivity contribution in [1.29, 1.82) is 0 Å². The third-order valence-electron chi connectivity index (χ3n) is 4.68. The molecule has 0 aromatic heterocycles. The minimum atomic E-state index is -3.96. The number of hydrogen-bond acceptors (Lipinski definition) is 3. The van der Waals surface area contributed by atoms with Gasteiger partial charge in [0.05, 0.1) is 11.4 Å². The molecule has 0 aliphatic carbocycles. The van der Waals surface area contributed by atoms with Gasteiger partial charge in [-0.2, -0.15) is 4.31 Å². The smallest absolute Gasteiger partial charge is 0.243 e. The minimum absolute atomic E-state index is 0.0759. The van der Waals surface area contributed by atoms with Crippen molar-refractivity contribution in [2.75, 3.05) is 11.9 Å². The van der Waals surface area contributed by atoms with Gasteiger partial charge in [-0.3, -0.25) is 4.79 Å². The van der Waals surface area contributed by atoms with Gasteiger partial charge in [-0.25, -0.2) is 8.42 Å². The lowest BCUT2D eigenvalue weighted by atomic mass is 10.2. The number of amides is 1. The highest BCUT2D eigenvalue weighted by Crippen LogP contribution is 2.25. The van der Waals surface area contributed by atoms with Gasteiger partial charge in [0, 0.05) is 22.3 Å². The van der Waals surface area contributed by atoms with Gasteiger partial charge in [-0.05, 0) is 55.8 Å². The predicted octanol–water partition coefficient (Wildman–Crippen LogP) is 5.44. The molecule has 0 spiro atoms. The zero-order valence-corrected chi connectivity index (χ0v) is 19.4. The average molecular weight is 477 g/mol. The van der Waals surface area contributed by atoms with Crippen LogP contribution in [0.5, 0.6) is 0 Å². The Bertz CT molecular complexity index is 1180. The van der Waals surface area contributed by atoms with E-state index < -0.39 is 15.9 Å². The summed E-state index contributed by atoms with van der Waals surface area (Å²) in [6.07, 6.45) is 0. The topological polar surface area (TPSA) is 66.5 Å². The van der Waals surface area contributed by atoms with E-state index in [-0.39, 0.29) is 18.0 Å². The fraction of sp³-hybridized carbons (Fsp3) is 0.174. The van der Waals surface area contributed by atoms with Crippen LogP contribution in [0.1, 0.15) is 16.7 Å². The summed E-state index contributed by atoms with van der Waals surface area (Å²) in [6, 6.07) is 18.6. The Morgan fingerprint density at radius 3 is 2.06 bits per heavy atom. The Morgan fingerprint density at radius 1 is 0.903 bits per heavy atom. The molecule has 3 aromatic carbocycles. The first-order valence-corrected chi connectivity index (χ1v) is 11.7. The predicted molar refractivity (Wildman–Crippen MR) is 125 cm³/mol. The summed E-state index contributed by atoms with van der Waals surface area (Å²) in [4.78, 5) is 12.8. The van der Waals surface area contributed by atoms with Crippen LogP contribution in [0, 0.1) is 13.8 Å². The van der Waals surface area contributed by atoms with E-state index in [2.05, 4.69) is 5.32 Å². The number of sulfonamides is 1. The second kappa shape index (κ2) is 9.83. The lowest BCUT2D eigenvalue weighted by molar-refractivity contribution is -0.116. The summed E-state index contributed by atoms with van der Waals surface area (Å²) in [5, 5.41) is 3.52. The van der Waals surface area contributed by atoms with Crippen LogP contribution in [-0.4, -0.2) is 25.2 Å². The van der Waals surface area contributed by atoms with Crippen LogP contribution in [0.3, 0.4) is 0 Å². The monoisotopic (exact) mass is 476 g/mol. The fourth-order valence-corrected chi connectivity index (χ4v) is 4.77. The van der Waals surface area contributed by atoms with E-state index in [1.54, 1.807) is 42.5 Å². The molecule has 5 nitrogen and oxygen atoms in total. The second-order valence-electron chi connectivity index (χ2n) is 7.24. The highest BCUT2D eigenvalue weighted by Gasteiger charge is 2.27. The van der Waals surface area contributed by atoms with Crippen LogP contribution in [0.15, 0.2) is 71.6 Å². The minimum Gasteiger partial charge on any atom is -0.325 e. The maximum absolute atomic E-state index is 13.3. The Hall–Kier alpha value is -2.38. The molecule has 31 heavy (non-hydrogen) atoms. The van der Waals surface area contributed by atoms with Gasteiger partial charge in [0.2, 0.25) is 15.9 Å². The number of benzene rings is 3. The highest BCUT2D eigenvalue weighted by molar-refractivity contribution is 7.89. The Balaban J connectivity index is 1.90. The van der Waals surface area contributed by atoms with E-state index in [1.807, 2.05) is 26.0 Å². The molecule has 0 bridgehead atoms. The van der Waals surface area contributed by atoms with Crippen molar-refractivity contribution in [1.82, 2.24) is 4.31 Å². The van der Waals surface area contributed by atoms with Crippen molar-refractivity contribution in [2.45, 2.75) is 25.3 Å². The standard InChI is InChI=1S/C23H22Cl2N2O3S/c1-16-3-9-20(10-4-16)26-23(28)15-27(14-18-7-8-19(24)13-22(18)25)31(29,30)21-11-5-17(2)6-12-21/h3-13H,14-15H2,1-2H3,(H,26,28). The van der Waals surface area contributed by atoms with Gasteiger partial charge in [0.25, 0.3) is 0 Å². The van der Waals surface area contributed by atoms with Crippen molar-refractivity contribution in [3.63, 3.8) is 0 Å². The largest absolute Gasteiger partial charge is 0.325 e. The number of carbonyl (C=O) groups is 1. The summed E-state index contributed by atoms with van der Waals surface area (Å²) in [5.41, 5.74) is 3.13.